The van der Waals surface area contributed by atoms with Crippen LogP contribution in [0.5, 0.6) is 0 Å². The standard InChI is InChI=1S/C26H35FN4O4/c1-29-9-11-30(12-10-29)17-7-8-18(25(28)33)19(13-17)22(16-5-3-2-4-6-16)26(34)31-14-20(27)24-23(31)21(32)15-35-24/h7-8,13,16,20,22-24H,2-6,9-12,14-15H2,1H3,(H2,28,33)/t20-,22-,23+,24+/m0/s1. The van der Waals surface area contributed by atoms with Crippen LogP contribution in [0.4, 0.5) is 10.1 Å². The zero-order valence-corrected chi connectivity index (χ0v) is 20.3. The number of nitrogens with two attached hydrogens (primary N) is 1. The third kappa shape index (κ3) is 4.56. The summed E-state index contributed by atoms with van der Waals surface area (Å²) in [5.74, 6) is -1.77. The van der Waals surface area contributed by atoms with E-state index in [0.717, 1.165) is 64.0 Å². The maximum Gasteiger partial charge on any atom is 0.249 e. The van der Waals surface area contributed by atoms with E-state index in [-0.39, 0.29) is 30.8 Å². The number of amides is 2. The number of ether oxygens (including phenoxy) is 1. The van der Waals surface area contributed by atoms with Gasteiger partial charge in [-0.15, -0.1) is 0 Å². The minimum atomic E-state index is -1.39. The largest absolute Gasteiger partial charge is 0.369 e. The zero-order chi connectivity index (χ0) is 24.7. The van der Waals surface area contributed by atoms with Crippen LogP contribution in [0.3, 0.4) is 0 Å². The van der Waals surface area contributed by atoms with Gasteiger partial charge in [0, 0.05) is 37.4 Å². The van der Waals surface area contributed by atoms with Gasteiger partial charge in [0.05, 0.1) is 12.5 Å². The Morgan fingerprint density at radius 1 is 1.11 bits per heavy atom. The van der Waals surface area contributed by atoms with E-state index >= 15 is 0 Å². The van der Waals surface area contributed by atoms with E-state index in [0.29, 0.717) is 11.1 Å². The third-order valence-electron chi connectivity index (χ3n) is 8.30. The van der Waals surface area contributed by atoms with Gasteiger partial charge >= 0.3 is 0 Å². The zero-order valence-electron chi connectivity index (χ0n) is 20.3. The quantitative estimate of drug-likeness (QED) is 0.681. The van der Waals surface area contributed by atoms with E-state index in [9.17, 15) is 18.8 Å². The van der Waals surface area contributed by atoms with Gasteiger partial charge in [0.15, 0.2) is 5.78 Å². The Morgan fingerprint density at radius 3 is 2.51 bits per heavy atom. The highest BCUT2D eigenvalue weighted by atomic mass is 19.1. The molecule has 4 aliphatic rings. The lowest BCUT2D eigenvalue weighted by Gasteiger charge is -2.37. The van der Waals surface area contributed by atoms with Crippen molar-refractivity contribution in [3.8, 4) is 0 Å². The molecule has 0 radical (unpaired) electrons. The highest BCUT2D eigenvalue weighted by Crippen LogP contribution is 2.42. The molecule has 0 aromatic heterocycles. The lowest BCUT2D eigenvalue weighted by Crippen LogP contribution is -2.46. The van der Waals surface area contributed by atoms with Gasteiger partial charge in [-0.25, -0.2) is 4.39 Å². The third-order valence-corrected chi connectivity index (χ3v) is 8.30. The van der Waals surface area contributed by atoms with Gasteiger partial charge in [-0.3, -0.25) is 14.4 Å². The molecule has 35 heavy (non-hydrogen) atoms. The van der Waals surface area contributed by atoms with E-state index < -0.39 is 30.1 Å². The topological polar surface area (TPSA) is 96.2 Å². The number of anilines is 1. The number of halogens is 1. The number of carbonyl (C=O) groups excluding carboxylic acids is 3. The average molecular weight is 487 g/mol. The van der Waals surface area contributed by atoms with Gasteiger partial charge in [0.2, 0.25) is 11.8 Å². The Balaban J connectivity index is 1.54. The van der Waals surface area contributed by atoms with Crippen molar-refractivity contribution in [3.05, 3.63) is 29.3 Å². The van der Waals surface area contributed by atoms with Gasteiger partial charge in [-0.05, 0) is 49.6 Å². The predicted octanol–water partition coefficient (Wildman–Crippen LogP) is 1.72. The van der Waals surface area contributed by atoms with E-state index in [1.54, 1.807) is 6.07 Å². The highest BCUT2D eigenvalue weighted by Gasteiger charge is 2.54. The molecule has 3 aliphatic heterocycles. The number of hydrogen-bond donors (Lipinski definition) is 1. The molecule has 1 aromatic rings. The van der Waals surface area contributed by atoms with Crippen LogP contribution in [0, 0.1) is 5.92 Å². The van der Waals surface area contributed by atoms with Crippen LogP contribution in [0.15, 0.2) is 18.2 Å². The summed E-state index contributed by atoms with van der Waals surface area (Å²) in [6, 6.07) is 4.68. The first-order chi connectivity index (χ1) is 16.8. The number of hydrogen-bond acceptors (Lipinski definition) is 6. The van der Waals surface area contributed by atoms with Crippen LogP contribution in [0.25, 0.3) is 0 Å². The lowest BCUT2D eigenvalue weighted by molar-refractivity contribution is -0.139. The van der Waals surface area contributed by atoms with Gasteiger partial charge in [0.25, 0.3) is 0 Å². The SMILES string of the molecule is CN1CCN(c2ccc(C(N)=O)c([C@@H](C(=O)N3C[C@H](F)[C@H]4OCC(=O)[C@H]43)C3CCCCC3)c2)CC1. The number of piperazine rings is 1. The molecule has 9 heteroatoms. The van der Waals surface area contributed by atoms with Crippen molar-refractivity contribution in [2.24, 2.45) is 11.7 Å². The monoisotopic (exact) mass is 486 g/mol. The van der Waals surface area contributed by atoms with Crippen molar-refractivity contribution in [1.82, 2.24) is 9.80 Å². The predicted molar refractivity (Wildman–Crippen MR) is 129 cm³/mol. The molecule has 8 nitrogen and oxygen atoms in total. The van der Waals surface area contributed by atoms with Gasteiger partial charge in [0.1, 0.15) is 24.9 Å². The first kappa shape index (κ1) is 24.2. The molecule has 1 aliphatic carbocycles. The summed E-state index contributed by atoms with van der Waals surface area (Å²) in [7, 11) is 2.09. The minimum absolute atomic E-state index is 0.00613. The average Bonchev–Trinajstić information content (AvgIpc) is 3.40. The van der Waals surface area contributed by atoms with Crippen molar-refractivity contribution < 1.29 is 23.5 Å². The van der Waals surface area contributed by atoms with Crippen LogP contribution in [-0.4, -0.2) is 92.1 Å². The van der Waals surface area contributed by atoms with E-state index in [1.807, 2.05) is 12.1 Å². The molecule has 190 valence electrons. The summed E-state index contributed by atoms with van der Waals surface area (Å²) in [4.78, 5) is 45.1. The van der Waals surface area contributed by atoms with Crippen molar-refractivity contribution >= 4 is 23.3 Å². The molecule has 0 unspecified atom stereocenters. The van der Waals surface area contributed by atoms with E-state index in [2.05, 4.69) is 16.8 Å². The second kappa shape index (κ2) is 9.85. The molecule has 1 saturated carbocycles. The first-order valence-electron chi connectivity index (χ1n) is 12.8. The van der Waals surface area contributed by atoms with Crippen LogP contribution in [0.2, 0.25) is 0 Å². The molecule has 3 saturated heterocycles. The number of primary amides is 1. The molecule has 4 atom stereocenters. The number of likely N-dealkylation sites (N-methyl/N-ethyl adjacent to an activating group) is 1. The molecule has 0 spiro atoms. The second-order valence-electron chi connectivity index (χ2n) is 10.5. The van der Waals surface area contributed by atoms with Gasteiger partial charge in [-0.1, -0.05) is 19.3 Å². The normalized spacial score (nSPS) is 28.9. The number of likely N-dealkylation sites (tertiary alicyclic amines) is 1. The van der Waals surface area contributed by atoms with E-state index in [1.165, 1.54) is 4.90 Å². The Morgan fingerprint density at radius 2 is 1.83 bits per heavy atom. The molecular formula is C26H35FN4O4. The summed E-state index contributed by atoms with van der Waals surface area (Å²) in [6.45, 7) is 3.22. The summed E-state index contributed by atoms with van der Waals surface area (Å²) >= 11 is 0. The minimum Gasteiger partial charge on any atom is -0.369 e. The van der Waals surface area contributed by atoms with Crippen LogP contribution in [0.1, 0.15) is 53.9 Å². The number of fused-ring (bicyclic) bond motifs is 1. The van der Waals surface area contributed by atoms with Gasteiger partial charge in [-0.2, -0.15) is 0 Å². The Labute approximate surface area is 205 Å². The summed E-state index contributed by atoms with van der Waals surface area (Å²) in [5, 5.41) is 0. The van der Waals surface area contributed by atoms with Crippen LogP contribution < -0.4 is 10.6 Å². The lowest BCUT2D eigenvalue weighted by atomic mass is 9.74. The second-order valence-corrected chi connectivity index (χ2v) is 10.5. The molecule has 2 N–H and O–H groups in total. The summed E-state index contributed by atoms with van der Waals surface area (Å²) in [5.41, 5.74) is 7.68. The Bertz CT molecular complexity index is 990. The fraction of sp³-hybridized carbons (Fsp3) is 0.654. The Kier molecular flexibility index (Phi) is 6.81. The number of carbonyl (C=O) groups is 3. The number of alkyl halides is 1. The van der Waals surface area contributed by atoms with Crippen LogP contribution >= 0.6 is 0 Å². The summed E-state index contributed by atoms with van der Waals surface area (Å²) in [6.07, 6.45) is 2.50. The van der Waals surface area contributed by atoms with Crippen molar-refractivity contribution in [1.29, 1.82) is 0 Å². The number of nitrogens with zero attached hydrogens (tertiary/aromatic N) is 3. The Hall–Kier alpha value is -2.52. The molecule has 5 rings (SSSR count). The molecular weight excluding hydrogens is 451 g/mol. The maximum atomic E-state index is 14.8. The molecule has 0 bridgehead atoms. The van der Waals surface area contributed by atoms with Crippen LogP contribution in [-0.2, 0) is 14.3 Å². The first-order valence-corrected chi connectivity index (χ1v) is 12.8. The fourth-order valence-electron chi connectivity index (χ4n) is 6.35. The smallest absolute Gasteiger partial charge is 0.249 e. The number of Topliss-reactive ketones (excluding diaryl/α,β-unsaturated/α-hetero) is 1. The highest BCUT2D eigenvalue weighted by molar-refractivity contribution is 5.99. The molecule has 4 fully saturated rings. The fourth-order valence-corrected chi connectivity index (χ4v) is 6.35. The number of ketones is 1. The molecule has 3 heterocycles. The van der Waals surface area contributed by atoms with Crippen molar-refractivity contribution in [3.63, 3.8) is 0 Å². The molecule has 2 amide bonds. The summed E-state index contributed by atoms with van der Waals surface area (Å²) < 4.78 is 20.1. The van der Waals surface area contributed by atoms with Crippen molar-refractivity contribution in [2.75, 3.05) is 51.3 Å². The molecule has 1 aromatic carbocycles. The van der Waals surface area contributed by atoms with Crippen molar-refractivity contribution in [2.45, 2.75) is 56.3 Å². The number of benzene rings is 1. The van der Waals surface area contributed by atoms with E-state index in [4.69, 9.17) is 10.5 Å². The maximum absolute atomic E-state index is 14.8. The van der Waals surface area contributed by atoms with Gasteiger partial charge < -0.3 is 25.2 Å². The number of rotatable bonds is 5.